The maximum Gasteiger partial charge on any atom is 0.255 e. The number of halogens is 2. The van der Waals surface area contributed by atoms with Gasteiger partial charge in [-0.3, -0.25) is 0 Å². The molecule has 2 N–H and O–H groups in total. The van der Waals surface area contributed by atoms with Gasteiger partial charge < -0.3 is 19.8 Å². The van der Waals surface area contributed by atoms with Crippen LogP contribution in [0.1, 0.15) is 18.6 Å². The molecular formula is C13H19F2NO3. The Bertz CT molecular complexity index is 399. The predicted molar refractivity (Wildman–Crippen MR) is 68.9 cm³/mol. The van der Waals surface area contributed by atoms with Gasteiger partial charge in [-0.2, -0.15) is 0 Å². The largest absolute Gasteiger partial charge is 0.496 e. The molecule has 0 saturated heterocycles. The molecule has 0 heterocycles. The second-order valence-electron chi connectivity index (χ2n) is 4.13. The summed E-state index contributed by atoms with van der Waals surface area (Å²) in [4.78, 5) is 1.34. The first-order valence-corrected chi connectivity index (χ1v) is 6.00. The van der Waals surface area contributed by atoms with Crippen molar-refractivity contribution >= 4 is 5.69 Å². The van der Waals surface area contributed by atoms with E-state index in [9.17, 15) is 13.9 Å². The molecule has 1 atom stereocenters. The third kappa shape index (κ3) is 4.04. The lowest BCUT2D eigenvalue weighted by atomic mass is 10.1. The van der Waals surface area contributed by atoms with Crippen molar-refractivity contribution < 1.29 is 23.7 Å². The van der Waals surface area contributed by atoms with E-state index in [1.54, 1.807) is 25.1 Å². The van der Waals surface area contributed by atoms with Crippen molar-refractivity contribution in [2.75, 3.05) is 31.7 Å². The van der Waals surface area contributed by atoms with Gasteiger partial charge in [0.25, 0.3) is 6.43 Å². The van der Waals surface area contributed by atoms with E-state index < -0.39 is 19.1 Å². The molecular weight excluding hydrogens is 256 g/mol. The summed E-state index contributed by atoms with van der Waals surface area (Å²) < 4.78 is 30.3. The minimum absolute atomic E-state index is 0.0667. The summed E-state index contributed by atoms with van der Waals surface area (Å²) in [5.41, 5.74) is 0.891. The molecule has 0 saturated carbocycles. The molecule has 0 aliphatic heterocycles. The standard InChI is InChI=1S/C13H19F2NO3/c1-9(18)13-10(4-3-5-11(13)19-2)16(6-7-17)8-12(14)15/h3-5,9,12,17-18H,6-8H2,1-2H3/t9-/m0/s1. The fourth-order valence-corrected chi connectivity index (χ4v) is 2.00. The zero-order valence-corrected chi connectivity index (χ0v) is 11.0. The molecule has 1 aromatic carbocycles. The van der Waals surface area contributed by atoms with Crippen molar-refractivity contribution in [1.29, 1.82) is 0 Å². The maximum atomic E-state index is 12.6. The highest BCUT2D eigenvalue weighted by atomic mass is 19.3. The van der Waals surface area contributed by atoms with Crippen LogP contribution in [0.2, 0.25) is 0 Å². The highest BCUT2D eigenvalue weighted by Crippen LogP contribution is 2.34. The summed E-state index contributed by atoms with van der Waals surface area (Å²) in [5, 5.41) is 18.8. The van der Waals surface area contributed by atoms with E-state index in [0.29, 0.717) is 17.0 Å². The molecule has 19 heavy (non-hydrogen) atoms. The molecule has 0 unspecified atom stereocenters. The summed E-state index contributed by atoms with van der Waals surface area (Å²) in [6, 6.07) is 4.95. The molecule has 108 valence electrons. The van der Waals surface area contributed by atoms with Gasteiger partial charge in [0.1, 0.15) is 5.75 Å². The Kier molecular flexibility index (Phi) is 5.98. The van der Waals surface area contributed by atoms with Crippen LogP contribution in [0.4, 0.5) is 14.5 Å². The Labute approximate surface area is 111 Å². The Hall–Kier alpha value is -1.40. The first-order valence-electron chi connectivity index (χ1n) is 6.00. The Morgan fingerprint density at radius 3 is 2.53 bits per heavy atom. The smallest absolute Gasteiger partial charge is 0.255 e. The van der Waals surface area contributed by atoms with Crippen LogP contribution >= 0.6 is 0 Å². The van der Waals surface area contributed by atoms with Crippen LogP contribution in [0.15, 0.2) is 18.2 Å². The van der Waals surface area contributed by atoms with Crippen LogP contribution in [0.5, 0.6) is 5.75 Å². The predicted octanol–water partition coefficient (Wildman–Crippen LogP) is 1.81. The van der Waals surface area contributed by atoms with Gasteiger partial charge in [-0.05, 0) is 19.1 Å². The van der Waals surface area contributed by atoms with Crippen molar-refractivity contribution in [3.05, 3.63) is 23.8 Å². The van der Waals surface area contributed by atoms with Crippen molar-refractivity contribution in [3.63, 3.8) is 0 Å². The second-order valence-corrected chi connectivity index (χ2v) is 4.13. The summed E-state index contributed by atoms with van der Waals surface area (Å²) in [6.45, 7) is 0.856. The molecule has 1 rings (SSSR count). The van der Waals surface area contributed by atoms with Gasteiger partial charge in [-0.1, -0.05) is 6.07 Å². The molecule has 0 spiro atoms. The number of ether oxygens (including phenoxy) is 1. The van der Waals surface area contributed by atoms with E-state index >= 15 is 0 Å². The third-order valence-electron chi connectivity index (χ3n) is 2.75. The van der Waals surface area contributed by atoms with Crippen molar-refractivity contribution in [2.24, 2.45) is 0 Å². The van der Waals surface area contributed by atoms with Crippen LogP contribution in [-0.4, -0.2) is 43.4 Å². The Morgan fingerprint density at radius 1 is 1.37 bits per heavy atom. The molecule has 0 radical (unpaired) electrons. The van der Waals surface area contributed by atoms with Gasteiger partial charge in [0.15, 0.2) is 0 Å². The number of aliphatic hydroxyl groups excluding tert-OH is 2. The maximum absolute atomic E-state index is 12.6. The highest BCUT2D eigenvalue weighted by Gasteiger charge is 2.20. The van der Waals surface area contributed by atoms with E-state index in [2.05, 4.69) is 0 Å². The SMILES string of the molecule is COc1cccc(N(CCO)CC(F)F)c1[C@H](C)O. The van der Waals surface area contributed by atoms with E-state index in [0.717, 1.165) is 0 Å². The quantitative estimate of drug-likeness (QED) is 0.797. The molecule has 0 amide bonds. The number of hydrogen-bond donors (Lipinski definition) is 2. The minimum Gasteiger partial charge on any atom is -0.496 e. The average Bonchev–Trinajstić information content (AvgIpc) is 2.36. The van der Waals surface area contributed by atoms with E-state index in [4.69, 9.17) is 9.84 Å². The zero-order valence-electron chi connectivity index (χ0n) is 11.0. The van der Waals surface area contributed by atoms with Gasteiger partial charge in [0.05, 0.1) is 26.4 Å². The van der Waals surface area contributed by atoms with E-state index in [-0.39, 0.29) is 13.2 Å². The molecule has 1 aromatic rings. The third-order valence-corrected chi connectivity index (χ3v) is 2.75. The number of rotatable bonds is 7. The lowest BCUT2D eigenvalue weighted by molar-refractivity contribution is 0.152. The number of hydrogen-bond acceptors (Lipinski definition) is 4. The molecule has 0 aliphatic carbocycles. The van der Waals surface area contributed by atoms with Crippen molar-refractivity contribution in [3.8, 4) is 5.75 Å². The fraction of sp³-hybridized carbons (Fsp3) is 0.538. The lowest BCUT2D eigenvalue weighted by Gasteiger charge is -2.28. The molecule has 0 aromatic heterocycles. The number of anilines is 1. The van der Waals surface area contributed by atoms with E-state index in [1.165, 1.54) is 12.0 Å². The average molecular weight is 275 g/mol. The first-order chi connectivity index (χ1) is 9.01. The Balaban J connectivity index is 3.20. The van der Waals surface area contributed by atoms with Crippen LogP contribution in [0.3, 0.4) is 0 Å². The van der Waals surface area contributed by atoms with Gasteiger partial charge in [0.2, 0.25) is 0 Å². The van der Waals surface area contributed by atoms with Gasteiger partial charge >= 0.3 is 0 Å². The summed E-state index contributed by atoms with van der Waals surface area (Å²) in [7, 11) is 1.45. The van der Waals surface area contributed by atoms with Gasteiger partial charge in [-0.15, -0.1) is 0 Å². The normalized spacial score (nSPS) is 12.6. The summed E-state index contributed by atoms with van der Waals surface area (Å²) in [6.07, 6.45) is -3.38. The number of methoxy groups -OCH3 is 1. The topological polar surface area (TPSA) is 52.9 Å². The van der Waals surface area contributed by atoms with Gasteiger partial charge in [-0.25, -0.2) is 8.78 Å². The van der Waals surface area contributed by atoms with Crippen LogP contribution in [0.25, 0.3) is 0 Å². The molecule has 6 heteroatoms. The molecule has 4 nitrogen and oxygen atoms in total. The van der Waals surface area contributed by atoms with Crippen LogP contribution in [-0.2, 0) is 0 Å². The molecule has 0 bridgehead atoms. The number of aliphatic hydroxyl groups is 2. The number of nitrogens with zero attached hydrogens (tertiary/aromatic N) is 1. The monoisotopic (exact) mass is 275 g/mol. The lowest BCUT2D eigenvalue weighted by Crippen LogP contribution is -2.32. The number of benzene rings is 1. The summed E-state index contributed by atoms with van der Waals surface area (Å²) in [5.74, 6) is 0.435. The van der Waals surface area contributed by atoms with E-state index in [1.807, 2.05) is 0 Å². The van der Waals surface area contributed by atoms with Crippen LogP contribution in [0, 0.1) is 0 Å². The number of alkyl halides is 2. The highest BCUT2D eigenvalue weighted by molar-refractivity contribution is 5.60. The Morgan fingerprint density at radius 2 is 2.05 bits per heavy atom. The zero-order chi connectivity index (χ0) is 14.4. The molecule has 0 fully saturated rings. The first kappa shape index (κ1) is 15.7. The van der Waals surface area contributed by atoms with Gasteiger partial charge in [0, 0.05) is 17.8 Å². The van der Waals surface area contributed by atoms with Crippen molar-refractivity contribution in [1.82, 2.24) is 0 Å². The minimum atomic E-state index is -2.53. The summed E-state index contributed by atoms with van der Waals surface area (Å²) >= 11 is 0. The molecule has 0 aliphatic rings. The fourth-order valence-electron chi connectivity index (χ4n) is 2.00. The van der Waals surface area contributed by atoms with Crippen molar-refractivity contribution in [2.45, 2.75) is 19.5 Å². The second kappa shape index (κ2) is 7.25. The van der Waals surface area contributed by atoms with Crippen LogP contribution < -0.4 is 9.64 Å².